The maximum Gasteiger partial charge on any atom is 0.0456 e. The van der Waals surface area contributed by atoms with E-state index in [1.165, 1.54) is 5.56 Å². The molecule has 78 valence electrons. The van der Waals surface area contributed by atoms with Crippen LogP contribution in [0.4, 0.5) is 0 Å². The normalized spacial score (nSPS) is 15.2. The predicted molar refractivity (Wildman–Crippen MR) is 62.6 cm³/mol. The summed E-state index contributed by atoms with van der Waals surface area (Å²) in [6.07, 6.45) is 1.08. The molecule has 0 radical (unpaired) electrons. The van der Waals surface area contributed by atoms with Crippen molar-refractivity contribution in [3.63, 3.8) is 0 Å². The van der Waals surface area contributed by atoms with Gasteiger partial charge in [-0.15, -0.1) is 0 Å². The Labute approximate surface area is 91.3 Å². The standard InChI is InChI=1S/C12H18ClN/c1-4-8(2)12(14)11-9(3)6-5-7-10(11)13/h5-8,12H,4,14H2,1-3H3/t8?,12-/m0/s1. The van der Waals surface area contributed by atoms with E-state index in [1.54, 1.807) is 0 Å². The highest BCUT2D eigenvalue weighted by Crippen LogP contribution is 2.30. The fourth-order valence-electron chi connectivity index (χ4n) is 1.61. The Morgan fingerprint density at radius 3 is 2.57 bits per heavy atom. The zero-order valence-corrected chi connectivity index (χ0v) is 9.81. The van der Waals surface area contributed by atoms with Gasteiger partial charge in [0.15, 0.2) is 0 Å². The van der Waals surface area contributed by atoms with Crippen LogP contribution in [-0.2, 0) is 0 Å². The monoisotopic (exact) mass is 211 g/mol. The molecule has 14 heavy (non-hydrogen) atoms. The summed E-state index contributed by atoms with van der Waals surface area (Å²) in [6.45, 7) is 6.37. The summed E-state index contributed by atoms with van der Waals surface area (Å²) in [7, 11) is 0. The fraction of sp³-hybridized carbons (Fsp3) is 0.500. The Hall–Kier alpha value is -0.530. The molecule has 0 saturated heterocycles. The average molecular weight is 212 g/mol. The molecule has 1 rings (SSSR count). The van der Waals surface area contributed by atoms with Gasteiger partial charge in [0, 0.05) is 11.1 Å². The largest absolute Gasteiger partial charge is 0.324 e. The minimum atomic E-state index is 0.0497. The lowest BCUT2D eigenvalue weighted by Gasteiger charge is -2.21. The van der Waals surface area contributed by atoms with Gasteiger partial charge in [0.25, 0.3) is 0 Å². The number of hydrogen-bond acceptors (Lipinski definition) is 1. The smallest absolute Gasteiger partial charge is 0.0456 e. The molecule has 0 aliphatic heterocycles. The van der Waals surface area contributed by atoms with Gasteiger partial charge in [-0.05, 0) is 30.0 Å². The van der Waals surface area contributed by atoms with Crippen molar-refractivity contribution in [2.75, 3.05) is 0 Å². The molecule has 0 aromatic heterocycles. The SMILES string of the molecule is CCC(C)[C@H](N)c1c(C)cccc1Cl. The van der Waals surface area contributed by atoms with E-state index in [0.29, 0.717) is 5.92 Å². The first-order chi connectivity index (χ1) is 6.57. The van der Waals surface area contributed by atoms with Crippen LogP contribution in [-0.4, -0.2) is 0 Å². The first-order valence-electron chi connectivity index (χ1n) is 5.08. The van der Waals surface area contributed by atoms with E-state index < -0.39 is 0 Å². The number of nitrogens with two attached hydrogens (primary N) is 1. The fourth-order valence-corrected chi connectivity index (χ4v) is 1.95. The van der Waals surface area contributed by atoms with Crippen LogP contribution in [0.3, 0.4) is 0 Å². The number of benzene rings is 1. The Balaban J connectivity index is 3.05. The highest BCUT2D eigenvalue weighted by molar-refractivity contribution is 6.31. The molecule has 0 aliphatic carbocycles. The third kappa shape index (κ3) is 2.28. The molecular formula is C12H18ClN. The number of aryl methyl sites for hydroxylation is 1. The van der Waals surface area contributed by atoms with Crippen molar-refractivity contribution < 1.29 is 0 Å². The molecule has 0 aliphatic rings. The molecule has 2 N–H and O–H groups in total. The van der Waals surface area contributed by atoms with Crippen LogP contribution in [0.5, 0.6) is 0 Å². The van der Waals surface area contributed by atoms with Crippen molar-refractivity contribution in [1.29, 1.82) is 0 Å². The molecule has 0 spiro atoms. The summed E-state index contributed by atoms with van der Waals surface area (Å²) in [4.78, 5) is 0. The van der Waals surface area contributed by atoms with E-state index in [0.717, 1.165) is 17.0 Å². The maximum atomic E-state index is 6.17. The lowest BCUT2D eigenvalue weighted by atomic mass is 9.91. The molecular weight excluding hydrogens is 194 g/mol. The summed E-state index contributed by atoms with van der Waals surface area (Å²) in [6, 6.07) is 5.98. The van der Waals surface area contributed by atoms with E-state index in [1.807, 2.05) is 12.1 Å². The molecule has 0 heterocycles. The van der Waals surface area contributed by atoms with Crippen molar-refractivity contribution in [2.24, 2.45) is 11.7 Å². The van der Waals surface area contributed by atoms with E-state index in [9.17, 15) is 0 Å². The second-order valence-electron chi connectivity index (χ2n) is 3.88. The number of hydrogen-bond donors (Lipinski definition) is 1. The molecule has 1 aromatic rings. The third-order valence-corrected chi connectivity index (χ3v) is 3.19. The van der Waals surface area contributed by atoms with Gasteiger partial charge >= 0.3 is 0 Å². The quantitative estimate of drug-likeness (QED) is 0.811. The Morgan fingerprint density at radius 1 is 1.43 bits per heavy atom. The van der Waals surface area contributed by atoms with Gasteiger partial charge in [0.1, 0.15) is 0 Å². The van der Waals surface area contributed by atoms with Crippen molar-refractivity contribution in [2.45, 2.75) is 33.2 Å². The van der Waals surface area contributed by atoms with E-state index in [2.05, 4.69) is 26.8 Å². The molecule has 2 atom stereocenters. The van der Waals surface area contributed by atoms with E-state index in [4.69, 9.17) is 17.3 Å². The minimum Gasteiger partial charge on any atom is -0.324 e. The summed E-state index contributed by atoms with van der Waals surface area (Å²) in [5.41, 5.74) is 8.45. The highest BCUT2D eigenvalue weighted by Gasteiger charge is 2.17. The predicted octanol–water partition coefficient (Wildman–Crippen LogP) is 3.69. The van der Waals surface area contributed by atoms with Gasteiger partial charge in [-0.2, -0.15) is 0 Å². The minimum absolute atomic E-state index is 0.0497. The lowest BCUT2D eigenvalue weighted by Crippen LogP contribution is -2.20. The molecule has 1 nitrogen and oxygen atoms in total. The van der Waals surface area contributed by atoms with Gasteiger partial charge in [0.05, 0.1) is 0 Å². The van der Waals surface area contributed by atoms with Crippen molar-refractivity contribution in [3.8, 4) is 0 Å². The average Bonchev–Trinajstić information content (AvgIpc) is 2.16. The summed E-state index contributed by atoms with van der Waals surface area (Å²) in [5.74, 6) is 0.466. The van der Waals surface area contributed by atoms with Gasteiger partial charge in [-0.3, -0.25) is 0 Å². The van der Waals surface area contributed by atoms with Crippen molar-refractivity contribution >= 4 is 11.6 Å². The molecule has 0 amide bonds. The zero-order chi connectivity index (χ0) is 10.7. The Kier molecular flexibility index (Phi) is 3.97. The van der Waals surface area contributed by atoms with E-state index >= 15 is 0 Å². The van der Waals surface area contributed by atoms with Gasteiger partial charge < -0.3 is 5.73 Å². The molecule has 2 heteroatoms. The third-order valence-electron chi connectivity index (χ3n) is 2.86. The van der Waals surface area contributed by atoms with Gasteiger partial charge in [-0.1, -0.05) is 44.0 Å². The summed E-state index contributed by atoms with van der Waals surface area (Å²) in [5, 5.41) is 0.790. The Bertz CT molecular complexity index is 289. The summed E-state index contributed by atoms with van der Waals surface area (Å²) < 4.78 is 0. The molecule has 1 aromatic carbocycles. The Morgan fingerprint density at radius 2 is 2.07 bits per heavy atom. The van der Waals surface area contributed by atoms with Crippen molar-refractivity contribution in [3.05, 3.63) is 34.3 Å². The van der Waals surface area contributed by atoms with Crippen LogP contribution in [0.1, 0.15) is 37.4 Å². The molecule has 1 unspecified atom stereocenters. The van der Waals surface area contributed by atoms with Crippen LogP contribution in [0.15, 0.2) is 18.2 Å². The molecule has 0 saturated carbocycles. The first kappa shape index (κ1) is 11.5. The van der Waals surface area contributed by atoms with Crippen LogP contribution >= 0.6 is 11.6 Å². The molecule has 0 fully saturated rings. The van der Waals surface area contributed by atoms with Crippen LogP contribution in [0.2, 0.25) is 5.02 Å². The number of rotatable bonds is 3. The second kappa shape index (κ2) is 4.81. The van der Waals surface area contributed by atoms with E-state index in [-0.39, 0.29) is 6.04 Å². The summed E-state index contributed by atoms with van der Waals surface area (Å²) >= 11 is 6.15. The maximum absolute atomic E-state index is 6.17. The zero-order valence-electron chi connectivity index (χ0n) is 9.05. The van der Waals surface area contributed by atoms with Gasteiger partial charge in [-0.25, -0.2) is 0 Å². The highest BCUT2D eigenvalue weighted by atomic mass is 35.5. The first-order valence-corrected chi connectivity index (χ1v) is 5.46. The lowest BCUT2D eigenvalue weighted by molar-refractivity contribution is 0.455. The van der Waals surface area contributed by atoms with Gasteiger partial charge in [0.2, 0.25) is 0 Å². The topological polar surface area (TPSA) is 26.0 Å². The van der Waals surface area contributed by atoms with Crippen LogP contribution < -0.4 is 5.73 Å². The van der Waals surface area contributed by atoms with Crippen LogP contribution in [0, 0.1) is 12.8 Å². The van der Waals surface area contributed by atoms with Crippen molar-refractivity contribution in [1.82, 2.24) is 0 Å². The molecule has 0 bridgehead atoms. The van der Waals surface area contributed by atoms with Crippen LogP contribution in [0.25, 0.3) is 0 Å². The second-order valence-corrected chi connectivity index (χ2v) is 4.29. The number of halogens is 1.